The summed E-state index contributed by atoms with van der Waals surface area (Å²) in [6.45, 7) is 4.34. The molecular formula is C27H35N3O6S. The molecule has 0 spiro atoms. The molecule has 37 heavy (non-hydrogen) atoms. The maximum atomic E-state index is 13.5. The summed E-state index contributed by atoms with van der Waals surface area (Å²) in [5.41, 5.74) is 2.36. The minimum atomic E-state index is -0.472. The van der Waals surface area contributed by atoms with Crippen molar-refractivity contribution >= 4 is 29.3 Å². The van der Waals surface area contributed by atoms with E-state index in [4.69, 9.17) is 9.47 Å². The summed E-state index contributed by atoms with van der Waals surface area (Å²) in [6, 6.07) is 9.63. The van der Waals surface area contributed by atoms with Crippen LogP contribution in [0.5, 0.6) is 0 Å². The normalized spacial score (nSPS) is 18.1. The van der Waals surface area contributed by atoms with Crippen molar-refractivity contribution in [2.75, 3.05) is 40.5 Å². The predicted molar refractivity (Wildman–Crippen MR) is 141 cm³/mol. The summed E-state index contributed by atoms with van der Waals surface area (Å²) >= 11 is 1.60. The molecule has 4 rings (SSSR count). The second-order valence-electron chi connectivity index (χ2n) is 9.28. The monoisotopic (exact) mass is 529 g/mol. The van der Waals surface area contributed by atoms with Gasteiger partial charge in [0.05, 0.1) is 32.4 Å². The lowest BCUT2D eigenvalue weighted by molar-refractivity contribution is -0.148. The number of esters is 1. The van der Waals surface area contributed by atoms with Crippen LogP contribution in [-0.4, -0.2) is 75.5 Å². The quantitative estimate of drug-likeness (QED) is 0.358. The van der Waals surface area contributed by atoms with Crippen molar-refractivity contribution in [1.82, 2.24) is 15.5 Å². The average Bonchev–Trinajstić information content (AvgIpc) is 3.68. The van der Waals surface area contributed by atoms with Crippen molar-refractivity contribution in [2.45, 2.75) is 50.8 Å². The molecule has 1 saturated carbocycles. The summed E-state index contributed by atoms with van der Waals surface area (Å²) < 4.78 is 15.5. The van der Waals surface area contributed by atoms with Crippen LogP contribution in [0.3, 0.4) is 0 Å². The van der Waals surface area contributed by atoms with Crippen molar-refractivity contribution in [2.24, 2.45) is 0 Å². The third-order valence-electron chi connectivity index (χ3n) is 6.71. The number of hydrogen-bond acceptors (Lipinski definition) is 8. The highest BCUT2D eigenvalue weighted by Gasteiger charge is 2.40. The number of methoxy groups -OCH3 is 2. The zero-order valence-corrected chi connectivity index (χ0v) is 22.4. The Morgan fingerprint density at radius 3 is 2.68 bits per heavy atom. The molecule has 0 radical (unpaired) electrons. The fourth-order valence-electron chi connectivity index (χ4n) is 4.65. The number of thiophene rings is 1. The molecule has 2 fully saturated rings. The Hall–Kier alpha value is -2.95. The molecule has 2 amide bonds. The number of alkyl carbamates (subject to hydrolysis) is 1. The lowest BCUT2D eigenvalue weighted by Gasteiger charge is -2.33. The van der Waals surface area contributed by atoms with Crippen molar-refractivity contribution < 1.29 is 28.6 Å². The molecule has 1 aliphatic carbocycles. The number of nitrogens with one attached hydrogen (secondary N) is 2. The molecule has 2 N–H and O–H groups in total. The Morgan fingerprint density at radius 1 is 1.22 bits per heavy atom. The van der Waals surface area contributed by atoms with Crippen molar-refractivity contribution in [1.29, 1.82) is 0 Å². The standard InChI is InChI=1S/C27H35N3O6S/c1-17(30(19-10-11-19)25(31)22-16-28-13-14-36-22)23-15-18(7-6-12-29-27(33)35-3)24(37-23)20-8-4-5-9-21(20)26(32)34-2/h4-5,8-9,15,17,19,22,28H,6-7,10-14,16H2,1-3H3,(H,29,33)/t17-,22-/m1/s1. The maximum Gasteiger partial charge on any atom is 0.406 e. The molecule has 1 saturated heterocycles. The lowest BCUT2D eigenvalue weighted by Crippen LogP contribution is -2.50. The summed E-state index contributed by atoms with van der Waals surface area (Å²) in [5, 5.41) is 5.97. The fraction of sp³-hybridized carbons (Fsp3) is 0.519. The van der Waals surface area contributed by atoms with Gasteiger partial charge in [-0.05, 0) is 50.3 Å². The van der Waals surface area contributed by atoms with Gasteiger partial charge in [-0.2, -0.15) is 0 Å². The van der Waals surface area contributed by atoms with Gasteiger partial charge in [-0.3, -0.25) is 4.79 Å². The molecule has 2 aliphatic rings. The largest absolute Gasteiger partial charge is 0.465 e. The summed E-state index contributed by atoms with van der Waals surface area (Å²) in [6.07, 6.45) is 2.43. The van der Waals surface area contributed by atoms with Crippen molar-refractivity contribution in [3.63, 3.8) is 0 Å². The van der Waals surface area contributed by atoms with Crippen molar-refractivity contribution in [3.8, 4) is 10.4 Å². The molecular weight excluding hydrogens is 494 g/mol. The summed E-state index contributed by atoms with van der Waals surface area (Å²) in [5.74, 6) is -0.371. The van der Waals surface area contributed by atoms with E-state index in [1.54, 1.807) is 17.4 Å². The first-order valence-corrected chi connectivity index (χ1v) is 13.5. The van der Waals surface area contributed by atoms with Crippen LogP contribution in [0.15, 0.2) is 30.3 Å². The zero-order valence-electron chi connectivity index (χ0n) is 21.6. The van der Waals surface area contributed by atoms with E-state index in [0.29, 0.717) is 38.1 Å². The van der Waals surface area contributed by atoms with Gasteiger partial charge < -0.3 is 29.7 Å². The van der Waals surface area contributed by atoms with Gasteiger partial charge in [-0.25, -0.2) is 9.59 Å². The molecule has 2 heterocycles. The van der Waals surface area contributed by atoms with Gasteiger partial charge >= 0.3 is 12.1 Å². The Labute approximate surface area is 221 Å². The SMILES string of the molecule is COC(=O)NCCCc1cc([C@@H](C)N(C(=O)[C@H]2CNCCO2)C2CC2)sc1-c1ccccc1C(=O)OC. The minimum Gasteiger partial charge on any atom is -0.465 e. The first kappa shape index (κ1) is 27.1. The van der Waals surface area contributed by atoms with Gasteiger partial charge in [0.2, 0.25) is 0 Å². The fourth-order valence-corrected chi connectivity index (χ4v) is 5.95. The molecule has 1 aliphatic heterocycles. The molecule has 2 atom stereocenters. The van der Waals surface area contributed by atoms with Gasteiger partial charge in [-0.1, -0.05) is 18.2 Å². The first-order chi connectivity index (χ1) is 17.9. The number of carbonyl (C=O) groups is 3. The van der Waals surface area contributed by atoms with E-state index in [2.05, 4.69) is 28.4 Å². The Bertz CT molecular complexity index is 1110. The number of rotatable bonds is 10. The van der Waals surface area contributed by atoms with E-state index in [0.717, 1.165) is 40.3 Å². The molecule has 2 aromatic rings. The van der Waals surface area contributed by atoms with Crippen molar-refractivity contribution in [3.05, 3.63) is 46.3 Å². The number of benzene rings is 1. The predicted octanol–water partition coefficient (Wildman–Crippen LogP) is 3.53. The van der Waals surface area contributed by atoms with Gasteiger partial charge in [0, 0.05) is 41.0 Å². The Morgan fingerprint density at radius 2 is 2.00 bits per heavy atom. The molecule has 1 aromatic carbocycles. The summed E-state index contributed by atoms with van der Waals surface area (Å²) in [4.78, 5) is 41.5. The number of hydrogen-bond donors (Lipinski definition) is 2. The van der Waals surface area contributed by atoms with E-state index < -0.39 is 18.2 Å². The van der Waals surface area contributed by atoms with E-state index in [-0.39, 0.29) is 18.0 Å². The Balaban J connectivity index is 1.64. The van der Waals surface area contributed by atoms with Crippen LogP contribution < -0.4 is 10.6 Å². The molecule has 200 valence electrons. The second-order valence-corrected chi connectivity index (χ2v) is 10.4. The highest BCUT2D eigenvalue weighted by atomic mass is 32.1. The minimum absolute atomic E-state index is 0.0240. The Kier molecular flexibility index (Phi) is 9.18. The third kappa shape index (κ3) is 6.49. The molecule has 9 nitrogen and oxygen atoms in total. The van der Waals surface area contributed by atoms with Crippen LogP contribution in [0.1, 0.15) is 53.0 Å². The van der Waals surface area contributed by atoms with Gasteiger partial charge in [0.15, 0.2) is 0 Å². The molecule has 0 unspecified atom stereocenters. The highest BCUT2D eigenvalue weighted by molar-refractivity contribution is 7.15. The summed E-state index contributed by atoms with van der Waals surface area (Å²) in [7, 11) is 2.72. The van der Waals surface area contributed by atoms with Gasteiger partial charge in [-0.15, -0.1) is 11.3 Å². The van der Waals surface area contributed by atoms with E-state index in [9.17, 15) is 14.4 Å². The number of morpholine rings is 1. The van der Waals surface area contributed by atoms with Crippen LogP contribution in [0.4, 0.5) is 4.79 Å². The highest BCUT2D eigenvalue weighted by Crippen LogP contribution is 2.42. The van der Waals surface area contributed by atoms with Crippen LogP contribution in [0, 0.1) is 0 Å². The van der Waals surface area contributed by atoms with Crippen LogP contribution in [0.25, 0.3) is 10.4 Å². The number of carbonyl (C=O) groups excluding carboxylic acids is 3. The van der Waals surface area contributed by atoms with E-state index >= 15 is 0 Å². The number of ether oxygens (including phenoxy) is 3. The third-order valence-corrected chi connectivity index (χ3v) is 8.09. The van der Waals surface area contributed by atoms with E-state index in [1.165, 1.54) is 14.2 Å². The average molecular weight is 530 g/mol. The van der Waals surface area contributed by atoms with E-state index in [1.807, 2.05) is 23.1 Å². The van der Waals surface area contributed by atoms with Gasteiger partial charge in [0.1, 0.15) is 6.10 Å². The number of nitrogens with zero attached hydrogens (tertiary/aromatic N) is 1. The smallest absolute Gasteiger partial charge is 0.406 e. The van der Waals surface area contributed by atoms with Crippen LogP contribution in [-0.2, 0) is 25.4 Å². The topological polar surface area (TPSA) is 106 Å². The molecule has 10 heteroatoms. The first-order valence-electron chi connectivity index (χ1n) is 12.7. The number of amides is 2. The second kappa shape index (κ2) is 12.5. The van der Waals surface area contributed by atoms with Crippen LogP contribution >= 0.6 is 11.3 Å². The maximum absolute atomic E-state index is 13.5. The molecule has 1 aromatic heterocycles. The number of aryl methyl sites for hydroxylation is 1. The van der Waals surface area contributed by atoms with Crippen LogP contribution in [0.2, 0.25) is 0 Å². The zero-order chi connectivity index (χ0) is 26.4. The van der Waals surface area contributed by atoms with Gasteiger partial charge in [0.25, 0.3) is 5.91 Å². The lowest BCUT2D eigenvalue weighted by atomic mass is 10.0. The molecule has 0 bridgehead atoms.